The molecule has 0 heterocycles. The number of aliphatic hydroxyl groups is 2. The Kier molecular flexibility index (Phi) is 5.22. The van der Waals surface area contributed by atoms with Gasteiger partial charge >= 0.3 is 0 Å². The lowest BCUT2D eigenvalue weighted by Crippen LogP contribution is -2.18. The van der Waals surface area contributed by atoms with E-state index < -0.39 is 0 Å². The van der Waals surface area contributed by atoms with E-state index in [2.05, 4.69) is 0 Å². The molecule has 0 aliphatic heterocycles. The average Bonchev–Trinajstić information content (AvgIpc) is 2.25. The van der Waals surface area contributed by atoms with Crippen molar-refractivity contribution in [3.63, 3.8) is 0 Å². The van der Waals surface area contributed by atoms with Gasteiger partial charge in [-0.1, -0.05) is 30.3 Å². The second kappa shape index (κ2) is 6.54. The maximum atomic E-state index is 8.90. The summed E-state index contributed by atoms with van der Waals surface area (Å²) in [6, 6.07) is 9.76. The smallest absolute Gasteiger partial charge is 0.0832 e. The Morgan fingerprint density at radius 1 is 1.14 bits per heavy atom. The van der Waals surface area contributed by atoms with Crippen LogP contribution in [0, 0.1) is 0 Å². The third-order valence-electron chi connectivity index (χ3n) is 1.98. The number of hydrogen-bond acceptors (Lipinski definition) is 3. The monoisotopic (exact) mass is 196 g/mol. The maximum Gasteiger partial charge on any atom is 0.0832 e. The van der Waals surface area contributed by atoms with Crippen LogP contribution in [0.15, 0.2) is 30.3 Å². The Labute approximate surface area is 84.0 Å². The normalized spacial score (nSPS) is 12.7. The molecule has 0 fully saturated rings. The van der Waals surface area contributed by atoms with E-state index in [4.69, 9.17) is 14.9 Å². The largest absolute Gasteiger partial charge is 0.396 e. The quantitative estimate of drug-likeness (QED) is 0.712. The average molecular weight is 196 g/mol. The number of hydrogen-bond donors (Lipinski definition) is 2. The molecule has 3 heteroatoms. The van der Waals surface area contributed by atoms with Crippen molar-refractivity contribution in [2.24, 2.45) is 0 Å². The number of aliphatic hydroxyl groups excluding tert-OH is 2. The van der Waals surface area contributed by atoms with E-state index in [1.54, 1.807) is 0 Å². The molecule has 0 bridgehead atoms. The van der Waals surface area contributed by atoms with Crippen LogP contribution in [0.25, 0.3) is 0 Å². The molecule has 3 nitrogen and oxygen atoms in total. The van der Waals surface area contributed by atoms with Crippen LogP contribution >= 0.6 is 0 Å². The fourth-order valence-corrected chi connectivity index (χ4v) is 1.16. The maximum absolute atomic E-state index is 8.90. The van der Waals surface area contributed by atoms with E-state index in [1.165, 1.54) is 0 Å². The summed E-state index contributed by atoms with van der Waals surface area (Å²) in [6.45, 7) is 0.472. The predicted molar refractivity (Wildman–Crippen MR) is 53.8 cm³/mol. The Balaban J connectivity index is 2.32. The highest BCUT2D eigenvalue weighted by Crippen LogP contribution is 2.05. The molecule has 0 spiro atoms. The van der Waals surface area contributed by atoms with Crippen LogP contribution < -0.4 is 0 Å². The Hall–Kier alpha value is -0.900. The van der Waals surface area contributed by atoms with Crippen molar-refractivity contribution in [3.8, 4) is 0 Å². The van der Waals surface area contributed by atoms with Gasteiger partial charge < -0.3 is 14.9 Å². The van der Waals surface area contributed by atoms with Gasteiger partial charge in [-0.3, -0.25) is 0 Å². The minimum Gasteiger partial charge on any atom is -0.396 e. The fourth-order valence-electron chi connectivity index (χ4n) is 1.16. The molecule has 14 heavy (non-hydrogen) atoms. The van der Waals surface area contributed by atoms with Crippen molar-refractivity contribution in [2.75, 3.05) is 13.2 Å². The highest BCUT2D eigenvalue weighted by Gasteiger charge is 2.06. The van der Waals surface area contributed by atoms with E-state index in [0.717, 1.165) is 5.56 Å². The molecule has 0 aliphatic rings. The first-order chi connectivity index (χ1) is 6.86. The highest BCUT2D eigenvalue weighted by molar-refractivity contribution is 5.13. The summed E-state index contributed by atoms with van der Waals surface area (Å²) >= 11 is 0. The second-order valence-corrected chi connectivity index (χ2v) is 3.11. The standard InChI is InChI=1S/C11H16O3/c12-7-6-11(8-13)14-9-10-4-2-1-3-5-10/h1-5,11-13H,6-9H2. The van der Waals surface area contributed by atoms with Gasteiger partial charge in [0.2, 0.25) is 0 Å². The van der Waals surface area contributed by atoms with Gasteiger partial charge in [0, 0.05) is 6.61 Å². The van der Waals surface area contributed by atoms with E-state index in [0.29, 0.717) is 13.0 Å². The molecule has 0 aromatic heterocycles. The molecular formula is C11H16O3. The van der Waals surface area contributed by atoms with Crippen LogP contribution in [0.1, 0.15) is 12.0 Å². The minimum absolute atomic E-state index is 0.0417. The van der Waals surface area contributed by atoms with Gasteiger partial charge in [-0.15, -0.1) is 0 Å². The lowest BCUT2D eigenvalue weighted by atomic mass is 10.2. The van der Waals surface area contributed by atoms with Crippen LogP contribution in [0.4, 0.5) is 0 Å². The van der Waals surface area contributed by atoms with Gasteiger partial charge in [-0.2, -0.15) is 0 Å². The summed E-state index contributed by atoms with van der Waals surface area (Å²) < 4.78 is 5.41. The first-order valence-corrected chi connectivity index (χ1v) is 4.74. The molecule has 1 unspecified atom stereocenters. The van der Waals surface area contributed by atoms with E-state index in [9.17, 15) is 0 Å². The van der Waals surface area contributed by atoms with E-state index in [1.807, 2.05) is 30.3 Å². The van der Waals surface area contributed by atoms with Crippen molar-refractivity contribution >= 4 is 0 Å². The second-order valence-electron chi connectivity index (χ2n) is 3.11. The molecule has 78 valence electrons. The fraction of sp³-hybridized carbons (Fsp3) is 0.455. The highest BCUT2D eigenvalue weighted by atomic mass is 16.5. The zero-order valence-corrected chi connectivity index (χ0v) is 8.10. The van der Waals surface area contributed by atoms with Crippen molar-refractivity contribution in [1.82, 2.24) is 0 Å². The van der Waals surface area contributed by atoms with Crippen LogP contribution in [-0.4, -0.2) is 29.5 Å². The number of ether oxygens (including phenoxy) is 1. The van der Waals surface area contributed by atoms with Gasteiger partial charge in [0.15, 0.2) is 0 Å². The molecule has 1 aromatic carbocycles. The summed E-state index contributed by atoms with van der Waals surface area (Å²) in [5.41, 5.74) is 1.07. The minimum atomic E-state index is -0.264. The summed E-state index contributed by atoms with van der Waals surface area (Å²) in [4.78, 5) is 0. The summed E-state index contributed by atoms with van der Waals surface area (Å²) in [5.74, 6) is 0. The molecular weight excluding hydrogens is 180 g/mol. The molecule has 1 aromatic rings. The van der Waals surface area contributed by atoms with Crippen molar-refractivity contribution in [2.45, 2.75) is 19.1 Å². The lowest BCUT2D eigenvalue weighted by Gasteiger charge is -2.13. The SMILES string of the molecule is OCCC(CO)OCc1ccccc1. The Morgan fingerprint density at radius 3 is 2.43 bits per heavy atom. The number of benzene rings is 1. The zero-order valence-electron chi connectivity index (χ0n) is 8.10. The van der Waals surface area contributed by atoms with Gasteiger partial charge in [0.05, 0.1) is 19.3 Å². The lowest BCUT2D eigenvalue weighted by molar-refractivity contribution is -0.0104. The number of rotatable bonds is 6. The molecule has 0 amide bonds. The van der Waals surface area contributed by atoms with Crippen molar-refractivity contribution in [1.29, 1.82) is 0 Å². The third kappa shape index (κ3) is 3.87. The van der Waals surface area contributed by atoms with Crippen LogP contribution in [-0.2, 0) is 11.3 Å². The van der Waals surface area contributed by atoms with Gasteiger partial charge in [0.25, 0.3) is 0 Å². The summed E-state index contributed by atoms with van der Waals surface area (Å²) in [7, 11) is 0. The zero-order chi connectivity index (χ0) is 10.2. The van der Waals surface area contributed by atoms with Crippen LogP contribution in [0.3, 0.4) is 0 Å². The topological polar surface area (TPSA) is 49.7 Å². The summed E-state index contributed by atoms with van der Waals surface area (Å²) in [6.07, 6.45) is 0.212. The molecule has 1 atom stereocenters. The van der Waals surface area contributed by atoms with Crippen molar-refractivity contribution < 1.29 is 14.9 Å². The molecule has 1 rings (SSSR count). The molecule has 0 aliphatic carbocycles. The predicted octanol–water partition coefficient (Wildman–Crippen LogP) is 0.946. The van der Waals surface area contributed by atoms with Gasteiger partial charge in [-0.05, 0) is 12.0 Å². The van der Waals surface area contributed by atoms with Gasteiger partial charge in [-0.25, -0.2) is 0 Å². The van der Waals surface area contributed by atoms with Crippen molar-refractivity contribution in [3.05, 3.63) is 35.9 Å². The van der Waals surface area contributed by atoms with E-state index in [-0.39, 0.29) is 19.3 Å². The van der Waals surface area contributed by atoms with Gasteiger partial charge in [0.1, 0.15) is 0 Å². The molecule has 0 saturated heterocycles. The first kappa shape index (κ1) is 11.2. The third-order valence-corrected chi connectivity index (χ3v) is 1.98. The summed E-state index contributed by atoms with van der Waals surface area (Å²) in [5, 5.41) is 17.6. The van der Waals surface area contributed by atoms with Crippen LogP contribution in [0.2, 0.25) is 0 Å². The Bertz CT molecular complexity index is 236. The van der Waals surface area contributed by atoms with E-state index >= 15 is 0 Å². The molecule has 0 radical (unpaired) electrons. The molecule has 0 saturated carbocycles. The Morgan fingerprint density at radius 2 is 1.86 bits per heavy atom. The molecule has 2 N–H and O–H groups in total. The van der Waals surface area contributed by atoms with Crippen LogP contribution in [0.5, 0.6) is 0 Å². The first-order valence-electron chi connectivity index (χ1n) is 4.74.